The highest BCUT2D eigenvalue weighted by Gasteiger charge is 2.25. The van der Waals surface area contributed by atoms with Crippen molar-refractivity contribution in [3.63, 3.8) is 0 Å². The summed E-state index contributed by atoms with van der Waals surface area (Å²) in [6, 6.07) is 4.20. The van der Waals surface area contributed by atoms with Crippen LogP contribution in [-0.2, 0) is 26.1 Å². The highest BCUT2D eigenvalue weighted by molar-refractivity contribution is 7.89. The normalized spacial score (nSPS) is 15.1. The van der Waals surface area contributed by atoms with Crippen molar-refractivity contribution < 1.29 is 31.5 Å². The second-order valence-electron chi connectivity index (χ2n) is 6.67. The van der Waals surface area contributed by atoms with Crippen LogP contribution in [0.25, 0.3) is 0 Å². The molecule has 1 saturated heterocycles. The third-order valence-electron chi connectivity index (χ3n) is 4.61. The van der Waals surface area contributed by atoms with Crippen molar-refractivity contribution in [1.29, 1.82) is 0 Å². The van der Waals surface area contributed by atoms with Crippen molar-refractivity contribution in [1.82, 2.24) is 13.9 Å². The maximum atomic E-state index is 13.0. The zero-order valence-electron chi connectivity index (χ0n) is 16.5. The van der Waals surface area contributed by atoms with E-state index in [0.29, 0.717) is 36.6 Å². The van der Waals surface area contributed by atoms with E-state index in [1.807, 2.05) is 4.90 Å². The van der Waals surface area contributed by atoms with E-state index >= 15 is 0 Å². The fraction of sp³-hybridized carbons (Fsp3) is 0.444. The largest absolute Gasteiger partial charge is 0.454 e. The van der Waals surface area contributed by atoms with E-state index in [9.17, 15) is 22.0 Å². The Hall–Kier alpha value is -2.57. The van der Waals surface area contributed by atoms with Gasteiger partial charge in [0.05, 0.1) is 29.4 Å². The predicted octanol–water partition coefficient (Wildman–Crippen LogP) is 1.72. The van der Waals surface area contributed by atoms with Crippen LogP contribution >= 0.6 is 0 Å². The molecule has 30 heavy (non-hydrogen) atoms. The van der Waals surface area contributed by atoms with Gasteiger partial charge in [-0.3, -0.25) is 4.57 Å². The summed E-state index contributed by atoms with van der Waals surface area (Å²) in [5.74, 6) is -0.959. The van der Waals surface area contributed by atoms with Crippen LogP contribution in [0.2, 0.25) is 0 Å². The predicted molar refractivity (Wildman–Crippen MR) is 103 cm³/mol. The number of sulfonamides is 1. The van der Waals surface area contributed by atoms with Gasteiger partial charge in [-0.15, -0.1) is 0 Å². The number of hydrogen-bond donors (Lipinski definition) is 0. The molecule has 3 rings (SSSR count). The zero-order chi connectivity index (χ0) is 21.9. The third-order valence-corrected chi connectivity index (χ3v) is 6.42. The molecule has 1 aliphatic heterocycles. The van der Waals surface area contributed by atoms with Crippen LogP contribution < -0.4 is 4.90 Å². The van der Waals surface area contributed by atoms with Crippen molar-refractivity contribution in [3.05, 3.63) is 42.0 Å². The van der Waals surface area contributed by atoms with Gasteiger partial charge in [-0.1, -0.05) is 0 Å². The molecule has 0 aliphatic carbocycles. The average molecular weight is 444 g/mol. The second kappa shape index (κ2) is 9.06. The molecule has 0 bridgehead atoms. The molecule has 0 atom stereocenters. The summed E-state index contributed by atoms with van der Waals surface area (Å²) in [6.45, 7) is -1.37. The van der Waals surface area contributed by atoms with Gasteiger partial charge in [0.2, 0.25) is 10.0 Å². The summed E-state index contributed by atoms with van der Waals surface area (Å²) in [7, 11) is -1.03. The third kappa shape index (κ3) is 4.60. The Labute approximate surface area is 172 Å². The minimum Gasteiger partial charge on any atom is -0.454 e. The van der Waals surface area contributed by atoms with E-state index in [1.165, 1.54) is 32.4 Å². The minimum atomic E-state index is -3.79. The minimum absolute atomic E-state index is 0.0231. The molecular formula is C18H22F2N4O5S. The van der Waals surface area contributed by atoms with Gasteiger partial charge in [-0.2, -0.15) is 8.78 Å². The van der Waals surface area contributed by atoms with E-state index in [4.69, 9.17) is 9.47 Å². The van der Waals surface area contributed by atoms with Gasteiger partial charge in [0, 0.05) is 39.6 Å². The van der Waals surface area contributed by atoms with Crippen LogP contribution in [0.1, 0.15) is 22.7 Å². The summed E-state index contributed by atoms with van der Waals surface area (Å²) in [5, 5.41) is 0. The van der Waals surface area contributed by atoms with Gasteiger partial charge >= 0.3 is 12.5 Å². The molecule has 9 nitrogen and oxygen atoms in total. The molecule has 1 aromatic heterocycles. The van der Waals surface area contributed by atoms with Gasteiger partial charge in [-0.05, 0) is 18.2 Å². The lowest BCUT2D eigenvalue weighted by molar-refractivity contribution is 0.0376. The Bertz CT molecular complexity index is 1000. The number of aromatic nitrogens is 2. The van der Waals surface area contributed by atoms with Gasteiger partial charge in [0.25, 0.3) is 0 Å². The van der Waals surface area contributed by atoms with Crippen molar-refractivity contribution in [2.45, 2.75) is 18.1 Å². The number of ether oxygens (including phenoxy) is 2. The molecule has 164 valence electrons. The Balaban J connectivity index is 1.92. The Morgan fingerprint density at radius 2 is 2.00 bits per heavy atom. The van der Waals surface area contributed by atoms with Crippen LogP contribution in [0, 0.1) is 0 Å². The number of halogens is 2. The monoisotopic (exact) mass is 444 g/mol. The molecular weight excluding hydrogens is 422 g/mol. The molecule has 0 unspecified atom stereocenters. The van der Waals surface area contributed by atoms with Gasteiger partial charge < -0.3 is 14.4 Å². The van der Waals surface area contributed by atoms with Crippen molar-refractivity contribution in [3.8, 4) is 0 Å². The van der Waals surface area contributed by atoms with Crippen molar-refractivity contribution in [2.24, 2.45) is 0 Å². The number of anilines is 1. The molecule has 1 aliphatic rings. The fourth-order valence-corrected chi connectivity index (χ4v) is 3.90. The summed E-state index contributed by atoms with van der Waals surface area (Å²) < 4.78 is 63.1. The SMILES string of the molecule is CN(C)S(=O)(=O)c1ccc(N2CCOCC2)c(C(=O)OCc2nccn2C(F)F)c1. The van der Waals surface area contributed by atoms with Crippen molar-refractivity contribution >= 4 is 21.7 Å². The highest BCUT2D eigenvalue weighted by Crippen LogP contribution is 2.27. The van der Waals surface area contributed by atoms with E-state index in [2.05, 4.69) is 4.98 Å². The van der Waals surface area contributed by atoms with Crippen LogP contribution in [0.3, 0.4) is 0 Å². The van der Waals surface area contributed by atoms with Crippen LogP contribution in [0.15, 0.2) is 35.5 Å². The first-order valence-corrected chi connectivity index (χ1v) is 10.5. The number of esters is 1. The standard InChI is InChI=1S/C18H22F2N4O5S/c1-22(2)30(26,27)13-3-4-15(23-7-9-28-10-8-23)14(11-13)17(25)29-12-16-21-5-6-24(16)18(19)20/h3-6,11,18H,7-10,12H2,1-2H3. The first-order valence-electron chi connectivity index (χ1n) is 9.08. The van der Waals surface area contributed by atoms with E-state index < -0.39 is 29.1 Å². The summed E-state index contributed by atoms with van der Waals surface area (Å²) in [6.07, 6.45) is 2.26. The molecule has 2 aromatic rings. The zero-order valence-corrected chi connectivity index (χ0v) is 17.3. The van der Waals surface area contributed by atoms with E-state index in [1.54, 1.807) is 6.07 Å². The first-order chi connectivity index (χ1) is 14.2. The fourth-order valence-electron chi connectivity index (χ4n) is 2.97. The average Bonchev–Trinajstić information content (AvgIpc) is 3.21. The number of morpholine rings is 1. The highest BCUT2D eigenvalue weighted by atomic mass is 32.2. The summed E-state index contributed by atoms with van der Waals surface area (Å²) >= 11 is 0. The summed E-state index contributed by atoms with van der Waals surface area (Å²) in [4.78, 5) is 18.4. The molecule has 0 radical (unpaired) electrons. The lowest BCUT2D eigenvalue weighted by atomic mass is 10.1. The molecule has 0 saturated carbocycles. The number of imidazole rings is 1. The molecule has 0 amide bonds. The number of benzene rings is 1. The molecule has 1 fully saturated rings. The molecule has 1 aromatic carbocycles. The van der Waals surface area contributed by atoms with Gasteiger partial charge in [-0.25, -0.2) is 22.5 Å². The topological polar surface area (TPSA) is 94.0 Å². The van der Waals surface area contributed by atoms with E-state index in [-0.39, 0.29) is 16.3 Å². The first kappa shape index (κ1) is 22.1. The van der Waals surface area contributed by atoms with Gasteiger partial charge in [0.1, 0.15) is 6.61 Å². The number of carbonyl (C=O) groups excluding carboxylic acids is 1. The van der Waals surface area contributed by atoms with Crippen molar-refractivity contribution in [2.75, 3.05) is 45.3 Å². The van der Waals surface area contributed by atoms with Crippen LogP contribution in [-0.4, -0.2) is 68.6 Å². The molecule has 0 spiro atoms. The Morgan fingerprint density at radius 1 is 1.30 bits per heavy atom. The quantitative estimate of drug-likeness (QED) is 0.601. The smallest absolute Gasteiger partial charge is 0.340 e. The molecule has 12 heteroatoms. The van der Waals surface area contributed by atoms with Gasteiger partial charge in [0.15, 0.2) is 5.82 Å². The number of rotatable bonds is 7. The number of hydrogen-bond acceptors (Lipinski definition) is 7. The van der Waals surface area contributed by atoms with E-state index in [0.717, 1.165) is 10.5 Å². The molecule has 2 heterocycles. The number of carbonyl (C=O) groups is 1. The lowest BCUT2D eigenvalue weighted by Crippen LogP contribution is -2.37. The van der Waals surface area contributed by atoms with Crippen LogP contribution in [0.5, 0.6) is 0 Å². The van der Waals surface area contributed by atoms with Crippen LogP contribution in [0.4, 0.5) is 14.5 Å². The summed E-state index contributed by atoms with van der Waals surface area (Å²) in [5.41, 5.74) is 0.508. The molecule has 0 N–H and O–H groups in total. The Kier molecular flexibility index (Phi) is 6.68. The number of nitrogens with zero attached hydrogens (tertiary/aromatic N) is 4. The second-order valence-corrected chi connectivity index (χ2v) is 8.82. The maximum Gasteiger partial charge on any atom is 0.340 e. The Morgan fingerprint density at radius 3 is 2.63 bits per heavy atom. The lowest BCUT2D eigenvalue weighted by Gasteiger charge is -2.30. The maximum absolute atomic E-state index is 13.0. The number of alkyl halides is 2.